The highest BCUT2D eigenvalue weighted by molar-refractivity contribution is 9.10. The second kappa shape index (κ2) is 7.00. The average Bonchev–Trinajstić information content (AvgIpc) is 2.89. The quantitative estimate of drug-likeness (QED) is 0.460. The van der Waals surface area contributed by atoms with Crippen molar-refractivity contribution in [1.29, 1.82) is 0 Å². The van der Waals surface area contributed by atoms with Crippen LogP contribution >= 0.6 is 15.9 Å². The van der Waals surface area contributed by atoms with Gasteiger partial charge in [0.25, 0.3) is 0 Å². The summed E-state index contributed by atoms with van der Waals surface area (Å²) in [4.78, 5) is 0. The summed E-state index contributed by atoms with van der Waals surface area (Å²) in [6.45, 7) is 4.57. The molecule has 0 unspecified atom stereocenters. The molecule has 0 nitrogen and oxygen atoms in total. The lowest BCUT2D eigenvalue weighted by Gasteiger charge is -2.17. The molecule has 22 heavy (non-hydrogen) atoms. The molecule has 0 fully saturated rings. The Hall–Kier alpha value is -1.08. The maximum atomic E-state index is 3.87. The van der Waals surface area contributed by atoms with Crippen LogP contribution in [0.2, 0.25) is 0 Å². The van der Waals surface area contributed by atoms with Gasteiger partial charge in [0.1, 0.15) is 0 Å². The van der Waals surface area contributed by atoms with Crippen molar-refractivity contribution in [3.05, 3.63) is 57.1 Å². The molecule has 0 aliphatic heterocycles. The summed E-state index contributed by atoms with van der Waals surface area (Å²) in [6, 6.07) is 11.3. The molecule has 1 aliphatic carbocycles. The van der Waals surface area contributed by atoms with Crippen molar-refractivity contribution >= 4 is 15.9 Å². The molecule has 0 amide bonds. The third kappa shape index (κ3) is 2.88. The number of fused-ring (bicyclic) bond motifs is 3. The van der Waals surface area contributed by atoms with Gasteiger partial charge in [-0.05, 0) is 71.6 Å². The van der Waals surface area contributed by atoms with Crippen molar-refractivity contribution in [1.82, 2.24) is 0 Å². The van der Waals surface area contributed by atoms with Crippen LogP contribution in [0.3, 0.4) is 0 Å². The van der Waals surface area contributed by atoms with Crippen molar-refractivity contribution in [2.75, 3.05) is 0 Å². The van der Waals surface area contributed by atoms with Gasteiger partial charge in [-0.25, -0.2) is 0 Å². The highest BCUT2D eigenvalue weighted by atomic mass is 79.9. The Morgan fingerprint density at radius 1 is 0.909 bits per heavy atom. The molecular weight excluding hydrogens is 332 g/mol. The van der Waals surface area contributed by atoms with Crippen molar-refractivity contribution in [2.45, 2.75) is 58.8 Å². The van der Waals surface area contributed by atoms with Gasteiger partial charge in [0, 0.05) is 4.47 Å². The van der Waals surface area contributed by atoms with Crippen LogP contribution in [0.25, 0.3) is 11.1 Å². The SMILES string of the molecule is CCCCc1c(Br)cc2c(c1CCCC)Cc1ccccc1-2. The zero-order valence-corrected chi connectivity index (χ0v) is 15.3. The lowest BCUT2D eigenvalue weighted by Crippen LogP contribution is -2.02. The van der Waals surface area contributed by atoms with Gasteiger partial charge in [0.05, 0.1) is 0 Å². The smallest absolute Gasteiger partial charge is 0.0216 e. The summed E-state index contributed by atoms with van der Waals surface area (Å²) in [7, 11) is 0. The van der Waals surface area contributed by atoms with E-state index in [4.69, 9.17) is 0 Å². The van der Waals surface area contributed by atoms with Gasteiger partial charge in [-0.2, -0.15) is 0 Å². The third-order valence-corrected chi connectivity index (χ3v) is 5.56. The predicted octanol–water partition coefficient (Wildman–Crippen LogP) is 6.71. The molecule has 0 aromatic heterocycles. The van der Waals surface area contributed by atoms with Gasteiger partial charge >= 0.3 is 0 Å². The van der Waals surface area contributed by atoms with Gasteiger partial charge in [0.2, 0.25) is 0 Å². The van der Waals surface area contributed by atoms with Crippen LogP contribution in [-0.4, -0.2) is 0 Å². The fourth-order valence-corrected chi connectivity index (χ4v) is 4.31. The highest BCUT2D eigenvalue weighted by Crippen LogP contribution is 2.42. The minimum Gasteiger partial charge on any atom is -0.0654 e. The number of unbranched alkanes of at least 4 members (excludes halogenated alkanes) is 2. The number of hydrogen-bond acceptors (Lipinski definition) is 0. The second-order valence-electron chi connectivity index (χ2n) is 6.38. The van der Waals surface area contributed by atoms with E-state index in [1.165, 1.54) is 59.7 Å². The van der Waals surface area contributed by atoms with E-state index in [1.54, 1.807) is 16.7 Å². The Labute approximate surface area is 143 Å². The molecule has 2 aromatic carbocycles. The van der Waals surface area contributed by atoms with E-state index in [9.17, 15) is 0 Å². The van der Waals surface area contributed by atoms with Gasteiger partial charge in [-0.3, -0.25) is 0 Å². The van der Waals surface area contributed by atoms with Gasteiger partial charge in [-0.1, -0.05) is 66.9 Å². The zero-order valence-electron chi connectivity index (χ0n) is 13.7. The number of rotatable bonds is 6. The highest BCUT2D eigenvalue weighted by Gasteiger charge is 2.24. The first-order valence-electron chi connectivity index (χ1n) is 8.67. The van der Waals surface area contributed by atoms with E-state index in [-0.39, 0.29) is 0 Å². The maximum Gasteiger partial charge on any atom is 0.0216 e. The van der Waals surface area contributed by atoms with E-state index in [0.29, 0.717) is 0 Å². The molecular formula is C21H25Br. The Morgan fingerprint density at radius 3 is 2.32 bits per heavy atom. The molecule has 0 radical (unpaired) electrons. The van der Waals surface area contributed by atoms with Crippen LogP contribution in [-0.2, 0) is 19.3 Å². The van der Waals surface area contributed by atoms with E-state index in [0.717, 1.165) is 6.42 Å². The summed E-state index contributed by atoms with van der Waals surface area (Å²) in [5.41, 5.74) is 9.21. The Bertz CT molecular complexity index is 670. The van der Waals surface area contributed by atoms with Gasteiger partial charge < -0.3 is 0 Å². The fourth-order valence-electron chi connectivity index (χ4n) is 3.64. The minimum atomic E-state index is 1.12. The second-order valence-corrected chi connectivity index (χ2v) is 7.24. The molecule has 0 atom stereocenters. The van der Waals surface area contributed by atoms with Crippen LogP contribution in [0.4, 0.5) is 0 Å². The fraction of sp³-hybridized carbons (Fsp3) is 0.429. The zero-order chi connectivity index (χ0) is 15.5. The largest absolute Gasteiger partial charge is 0.0654 e. The van der Waals surface area contributed by atoms with Crippen LogP contribution in [0.15, 0.2) is 34.8 Å². The summed E-state index contributed by atoms with van der Waals surface area (Å²) in [5.74, 6) is 0. The lowest BCUT2D eigenvalue weighted by atomic mass is 9.90. The molecule has 0 heterocycles. The minimum absolute atomic E-state index is 1.12. The number of halogens is 1. The summed E-state index contributed by atoms with van der Waals surface area (Å²) < 4.78 is 1.32. The predicted molar refractivity (Wildman–Crippen MR) is 99.6 cm³/mol. The van der Waals surface area contributed by atoms with Crippen molar-refractivity contribution in [3.8, 4) is 11.1 Å². The standard InChI is InChI=1S/C21H25Br/c1-3-5-10-17-18(11-6-4-2)21(22)14-20-16-12-8-7-9-15(16)13-19(17)20/h7-9,12,14H,3-6,10-11,13H2,1-2H3. The van der Waals surface area contributed by atoms with Crippen molar-refractivity contribution in [2.24, 2.45) is 0 Å². The van der Waals surface area contributed by atoms with Crippen molar-refractivity contribution < 1.29 is 0 Å². The number of benzene rings is 2. The van der Waals surface area contributed by atoms with Crippen LogP contribution < -0.4 is 0 Å². The number of hydrogen-bond donors (Lipinski definition) is 0. The van der Waals surface area contributed by atoms with Crippen LogP contribution in [0, 0.1) is 0 Å². The maximum absolute atomic E-state index is 3.87. The molecule has 2 aromatic rings. The Morgan fingerprint density at radius 2 is 1.59 bits per heavy atom. The molecule has 0 bridgehead atoms. The molecule has 0 N–H and O–H groups in total. The summed E-state index contributed by atoms with van der Waals surface area (Å²) in [5, 5.41) is 0. The summed E-state index contributed by atoms with van der Waals surface area (Å²) in [6.07, 6.45) is 8.66. The third-order valence-electron chi connectivity index (χ3n) is 4.85. The first kappa shape index (κ1) is 15.8. The molecule has 1 aliphatic rings. The molecule has 1 heteroatoms. The molecule has 3 rings (SSSR count). The first-order chi connectivity index (χ1) is 10.8. The normalized spacial score (nSPS) is 12.3. The van der Waals surface area contributed by atoms with Crippen LogP contribution in [0.1, 0.15) is 61.8 Å². The molecule has 116 valence electrons. The Balaban J connectivity index is 2.10. The van der Waals surface area contributed by atoms with Gasteiger partial charge in [-0.15, -0.1) is 0 Å². The molecule has 0 saturated carbocycles. The van der Waals surface area contributed by atoms with Gasteiger partial charge in [0.15, 0.2) is 0 Å². The topological polar surface area (TPSA) is 0 Å². The first-order valence-corrected chi connectivity index (χ1v) is 9.47. The van der Waals surface area contributed by atoms with E-state index >= 15 is 0 Å². The van der Waals surface area contributed by atoms with E-state index in [2.05, 4.69) is 60.1 Å². The Kier molecular flexibility index (Phi) is 5.03. The monoisotopic (exact) mass is 356 g/mol. The summed E-state index contributed by atoms with van der Waals surface area (Å²) >= 11 is 3.87. The molecule has 0 saturated heterocycles. The van der Waals surface area contributed by atoms with E-state index < -0.39 is 0 Å². The van der Waals surface area contributed by atoms with Crippen LogP contribution in [0.5, 0.6) is 0 Å². The molecule has 0 spiro atoms. The van der Waals surface area contributed by atoms with E-state index in [1.807, 2.05) is 0 Å². The lowest BCUT2D eigenvalue weighted by molar-refractivity contribution is 0.751. The average molecular weight is 357 g/mol. The van der Waals surface area contributed by atoms with Crippen molar-refractivity contribution in [3.63, 3.8) is 0 Å².